The Morgan fingerprint density at radius 1 is 1.00 bits per heavy atom. The second-order valence-corrected chi connectivity index (χ2v) is 13.0. The lowest BCUT2D eigenvalue weighted by atomic mass is 9.91. The van der Waals surface area contributed by atoms with Crippen LogP contribution in [0.2, 0.25) is 5.02 Å². The van der Waals surface area contributed by atoms with Gasteiger partial charge in [0.1, 0.15) is 6.61 Å². The van der Waals surface area contributed by atoms with Crippen molar-refractivity contribution in [1.29, 1.82) is 0 Å². The molecule has 9 heteroatoms. The molecular formula is C39H35ClN2O5S. The predicted molar refractivity (Wildman–Crippen MR) is 190 cm³/mol. The molecule has 0 saturated carbocycles. The van der Waals surface area contributed by atoms with Gasteiger partial charge in [0, 0.05) is 5.56 Å². The third-order valence-corrected chi connectivity index (χ3v) is 9.33. The van der Waals surface area contributed by atoms with Gasteiger partial charge in [-0.05, 0) is 53.3 Å². The number of methoxy groups -OCH3 is 1. The number of hydrogen-bond acceptors (Lipinski definition) is 7. The number of ether oxygens (including phenoxy) is 3. The van der Waals surface area contributed by atoms with Crippen LogP contribution in [0.4, 0.5) is 0 Å². The number of rotatable bonds is 10. The molecule has 0 bridgehead atoms. The maximum atomic E-state index is 14.3. The molecule has 0 N–H and O–H groups in total. The maximum absolute atomic E-state index is 14.3. The van der Waals surface area contributed by atoms with Gasteiger partial charge in [-0.25, -0.2) is 9.79 Å². The number of carbonyl (C=O) groups is 1. The first-order chi connectivity index (χ1) is 23.3. The average Bonchev–Trinajstić information content (AvgIpc) is 3.41. The number of hydrogen-bond donors (Lipinski definition) is 0. The number of nitrogens with zero attached hydrogens (tertiary/aromatic N) is 2. The molecule has 6 rings (SSSR count). The van der Waals surface area contributed by atoms with E-state index in [0.29, 0.717) is 55.2 Å². The van der Waals surface area contributed by atoms with Gasteiger partial charge in [0.15, 0.2) is 16.3 Å². The lowest BCUT2D eigenvalue weighted by Gasteiger charge is -2.26. The van der Waals surface area contributed by atoms with Crippen molar-refractivity contribution < 1.29 is 19.0 Å². The van der Waals surface area contributed by atoms with Crippen LogP contribution in [0.25, 0.3) is 11.8 Å². The predicted octanol–water partition coefficient (Wildman–Crippen LogP) is 7.30. The summed E-state index contributed by atoms with van der Waals surface area (Å²) in [5.74, 6) is 0.657. The van der Waals surface area contributed by atoms with Crippen LogP contribution in [0, 0.1) is 0 Å². The number of fused-ring (bicyclic) bond motifs is 1. The largest absolute Gasteiger partial charge is 0.493 e. The van der Waals surface area contributed by atoms with E-state index < -0.39 is 12.0 Å². The Bertz CT molecular complexity index is 2150. The van der Waals surface area contributed by atoms with Gasteiger partial charge in [-0.1, -0.05) is 122 Å². The summed E-state index contributed by atoms with van der Waals surface area (Å²) >= 11 is 7.96. The van der Waals surface area contributed by atoms with E-state index in [4.69, 9.17) is 30.8 Å². The van der Waals surface area contributed by atoms with Crippen molar-refractivity contribution in [3.8, 4) is 11.5 Å². The normalized spacial score (nSPS) is 14.5. The Hall–Kier alpha value is -4.92. The van der Waals surface area contributed by atoms with E-state index in [1.807, 2.05) is 84.9 Å². The van der Waals surface area contributed by atoms with Crippen molar-refractivity contribution in [2.45, 2.75) is 39.3 Å². The van der Waals surface area contributed by atoms with Gasteiger partial charge in [0.25, 0.3) is 5.56 Å². The number of halogens is 1. The number of benzene rings is 4. The molecule has 0 aliphatic carbocycles. The van der Waals surface area contributed by atoms with Gasteiger partial charge < -0.3 is 14.2 Å². The van der Waals surface area contributed by atoms with Crippen molar-refractivity contribution in [3.05, 3.63) is 155 Å². The lowest BCUT2D eigenvalue weighted by molar-refractivity contribution is -0.138. The van der Waals surface area contributed by atoms with E-state index in [2.05, 4.69) is 13.8 Å². The molecule has 0 unspecified atom stereocenters. The highest BCUT2D eigenvalue weighted by molar-refractivity contribution is 7.07. The molecule has 0 saturated heterocycles. The summed E-state index contributed by atoms with van der Waals surface area (Å²) < 4.78 is 19.3. The molecule has 0 radical (unpaired) electrons. The fourth-order valence-electron chi connectivity index (χ4n) is 5.66. The number of aromatic nitrogens is 1. The van der Waals surface area contributed by atoms with Crippen LogP contribution in [0.5, 0.6) is 11.5 Å². The Labute approximate surface area is 288 Å². The minimum absolute atomic E-state index is 0.182. The molecular weight excluding hydrogens is 644 g/mol. The van der Waals surface area contributed by atoms with E-state index in [9.17, 15) is 9.59 Å². The van der Waals surface area contributed by atoms with Crippen molar-refractivity contribution in [3.63, 3.8) is 0 Å². The first kappa shape index (κ1) is 33.0. The van der Waals surface area contributed by atoms with Crippen molar-refractivity contribution in [1.82, 2.24) is 4.57 Å². The quantitative estimate of drug-likeness (QED) is 0.145. The molecule has 2 heterocycles. The fourth-order valence-corrected chi connectivity index (χ4v) is 6.94. The fraction of sp³-hybridized carbons (Fsp3) is 0.205. The summed E-state index contributed by atoms with van der Waals surface area (Å²) in [6.45, 7) is 6.51. The van der Waals surface area contributed by atoms with Gasteiger partial charge in [-0.3, -0.25) is 9.36 Å². The smallest absolute Gasteiger partial charge is 0.338 e. The molecule has 0 fully saturated rings. The van der Waals surface area contributed by atoms with Crippen LogP contribution in [0.1, 0.15) is 60.5 Å². The van der Waals surface area contributed by atoms with Gasteiger partial charge >= 0.3 is 5.97 Å². The van der Waals surface area contributed by atoms with Gasteiger partial charge in [-0.15, -0.1) is 0 Å². The molecule has 0 spiro atoms. The van der Waals surface area contributed by atoms with Gasteiger partial charge in [0.2, 0.25) is 0 Å². The molecule has 4 aromatic carbocycles. The average molecular weight is 679 g/mol. The van der Waals surface area contributed by atoms with Crippen LogP contribution in [0.3, 0.4) is 0 Å². The summed E-state index contributed by atoms with van der Waals surface area (Å²) in [4.78, 5) is 33.5. The van der Waals surface area contributed by atoms with Crippen LogP contribution in [-0.4, -0.2) is 24.3 Å². The highest BCUT2D eigenvalue weighted by Gasteiger charge is 2.35. The monoisotopic (exact) mass is 678 g/mol. The third kappa shape index (κ3) is 6.72. The third-order valence-electron chi connectivity index (χ3n) is 8.07. The van der Waals surface area contributed by atoms with Crippen molar-refractivity contribution in [2.75, 3.05) is 13.7 Å². The summed E-state index contributed by atoms with van der Waals surface area (Å²) in [6.07, 6.45) is 1.76. The molecule has 1 aliphatic rings. The summed E-state index contributed by atoms with van der Waals surface area (Å²) in [5.41, 5.74) is 4.83. The first-order valence-electron chi connectivity index (χ1n) is 15.7. The standard InChI is InChI=1S/C39H35ClN2O5S/c1-5-46-38(44)33-34(28-14-10-7-11-15-28)41-39-42(35(33)29-18-16-27(17-19-29)24(2)3)37(43)32(48-39)22-26-20-30(40)36(31(21-26)45-4)47-23-25-12-8-6-9-13-25/h6-22,24,35H,5,23H2,1-4H3/b32-22-/t35-/m1/s1. The Balaban J connectivity index is 1.51. The second kappa shape index (κ2) is 14.5. The Kier molecular flexibility index (Phi) is 9.94. The Morgan fingerprint density at radius 2 is 1.69 bits per heavy atom. The summed E-state index contributed by atoms with van der Waals surface area (Å²) in [6, 6.07) is 30.1. The number of esters is 1. The summed E-state index contributed by atoms with van der Waals surface area (Å²) in [7, 11) is 1.55. The maximum Gasteiger partial charge on any atom is 0.338 e. The number of thiazole rings is 1. The second-order valence-electron chi connectivity index (χ2n) is 11.6. The van der Waals surface area contributed by atoms with Crippen molar-refractivity contribution >= 4 is 40.7 Å². The minimum atomic E-state index is -0.759. The molecule has 0 amide bonds. The topological polar surface area (TPSA) is 79.1 Å². The zero-order valence-electron chi connectivity index (χ0n) is 27.1. The molecule has 48 heavy (non-hydrogen) atoms. The molecule has 1 aliphatic heterocycles. The van der Waals surface area contributed by atoms with Crippen LogP contribution in [0.15, 0.2) is 112 Å². The van der Waals surface area contributed by atoms with Crippen LogP contribution < -0.4 is 24.4 Å². The highest BCUT2D eigenvalue weighted by atomic mass is 35.5. The Morgan fingerprint density at radius 3 is 2.33 bits per heavy atom. The molecule has 5 aromatic rings. The number of carbonyl (C=O) groups excluding carboxylic acids is 1. The molecule has 1 aromatic heterocycles. The van der Waals surface area contributed by atoms with E-state index >= 15 is 0 Å². The zero-order chi connectivity index (χ0) is 33.8. The van der Waals surface area contributed by atoms with E-state index in [1.165, 1.54) is 11.3 Å². The lowest BCUT2D eigenvalue weighted by Crippen LogP contribution is -2.40. The molecule has 244 valence electrons. The molecule has 1 atom stereocenters. The minimum Gasteiger partial charge on any atom is -0.493 e. The van der Waals surface area contributed by atoms with Crippen LogP contribution >= 0.6 is 22.9 Å². The molecule has 7 nitrogen and oxygen atoms in total. The van der Waals surface area contributed by atoms with Gasteiger partial charge in [0.05, 0.1) is 40.6 Å². The highest BCUT2D eigenvalue weighted by Crippen LogP contribution is 2.38. The first-order valence-corrected chi connectivity index (χ1v) is 16.9. The summed E-state index contributed by atoms with van der Waals surface area (Å²) in [5, 5.41) is 0.350. The SMILES string of the molecule is CCOC(=O)C1=C(c2ccccc2)N=c2s/c(=C\c3cc(Cl)c(OCc4ccccc4)c(OC)c3)c(=O)n2[C@@H]1c1ccc(C(C)C)cc1. The van der Waals surface area contributed by atoms with Crippen LogP contribution in [-0.2, 0) is 16.1 Å². The van der Waals surface area contributed by atoms with E-state index in [1.54, 1.807) is 36.8 Å². The van der Waals surface area contributed by atoms with Crippen molar-refractivity contribution in [2.24, 2.45) is 4.99 Å². The van der Waals surface area contributed by atoms with Gasteiger partial charge in [-0.2, -0.15) is 0 Å². The van der Waals surface area contributed by atoms with E-state index in [0.717, 1.165) is 22.3 Å². The zero-order valence-corrected chi connectivity index (χ0v) is 28.7. The van der Waals surface area contributed by atoms with E-state index in [-0.39, 0.29) is 12.2 Å².